The van der Waals surface area contributed by atoms with Crippen molar-refractivity contribution >= 4 is 10.0 Å². The first kappa shape index (κ1) is 14.7. The lowest BCUT2D eigenvalue weighted by atomic mass is 10.1. The van der Waals surface area contributed by atoms with E-state index in [1.165, 1.54) is 4.31 Å². The minimum Gasteiger partial charge on any atom is -0.326 e. The summed E-state index contributed by atoms with van der Waals surface area (Å²) >= 11 is 0. The Morgan fingerprint density at radius 1 is 1.44 bits per heavy atom. The van der Waals surface area contributed by atoms with Crippen molar-refractivity contribution in [3.8, 4) is 12.3 Å². The molecule has 1 aromatic carbocycles. The number of sulfonamides is 1. The third kappa shape index (κ3) is 2.72. The summed E-state index contributed by atoms with van der Waals surface area (Å²) in [6.07, 6.45) is 5.20. The number of rotatable bonds is 5. The second kappa shape index (κ2) is 6.01. The van der Waals surface area contributed by atoms with E-state index in [1.807, 2.05) is 6.07 Å². The van der Waals surface area contributed by atoms with Gasteiger partial charge in [-0.25, -0.2) is 8.42 Å². The highest BCUT2D eigenvalue weighted by atomic mass is 32.2. The highest BCUT2D eigenvalue weighted by Gasteiger charge is 2.24. The summed E-state index contributed by atoms with van der Waals surface area (Å²) in [7, 11) is -3.54. The second-order valence-electron chi connectivity index (χ2n) is 3.88. The number of benzene rings is 1. The number of nitrogens with zero attached hydrogens (tertiary/aromatic N) is 1. The number of terminal acetylenes is 1. The zero-order valence-corrected chi connectivity index (χ0v) is 11.5. The zero-order valence-electron chi connectivity index (χ0n) is 10.7. The molecule has 1 rings (SSSR count). The van der Waals surface area contributed by atoms with Crippen LogP contribution in [0.4, 0.5) is 0 Å². The molecule has 98 valence electrons. The molecule has 0 saturated carbocycles. The van der Waals surface area contributed by atoms with Gasteiger partial charge in [0.15, 0.2) is 0 Å². The second-order valence-corrected chi connectivity index (χ2v) is 5.79. The minimum absolute atomic E-state index is 0.0745. The largest absolute Gasteiger partial charge is 0.326 e. The fourth-order valence-electron chi connectivity index (χ4n) is 1.77. The van der Waals surface area contributed by atoms with Crippen molar-refractivity contribution in [2.75, 3.05) is 13.1 Å². The normalized spacial score (nSPS) is 11.5. The Labute approximate surface area is 109 Å². The smallest absolute Gasteiger partial charge is 0.244 e. The van der Waals surface area contributed by atoms with E-state index in [0.717, 1.165) is 5.56 Å². The van der Waals surface area contributed by atoms with Crippen LogP contribution in [0.2, 0.25) is 0 Å². The van der Waals surface area contributed by atoms with E-state index in [-0.39, 0.29) is 11.4 Å². The average Bonchev–Trinajstić information content (AvgIpc) is 2.35. The van der Waals surface area contributed by atoms with E-state index in [9.17, 15) is 8.42 Å². The van der Waals surface area contributed by atoms with E-state index >= 15 is 0 Å². The monoisotopic (exact) mass is 266 g/mol. The van der Waals surface area contributed by atoms with E-state index in [0.29, 0.717) is 18.7 Å². The van der Waals surface area contributed by atoms with Gasteiger partial charge in [0.2, 0.25) is 10.0 Å². The summed E-state index contributed by atoms with van der Waals surface area (Å²) in [4.78, 5) is 0.280. The molecular formula is C13H18N2O2S. The SMILES string of the molecule is C#CCN(CC)S(=O)(=O)c1cccc(CN)c1C. The molecule has 0 radical (unpaired) electrons. The van der Waals surface area contributed by atoms with Gasteiger partial charge in [0, 0.05) is 13.1 Å². The molecule has 0 atom stereocenters. The molecule has 0 bridgehead atoms. The molecule has 0 aliphatic heterocycles. The lowest BCUT2D eigenvalue weighted by molar-refractivity contribution is 0.463. The van der Waals surface area contributed by atoms with Crippen molar-refractivity contribution in [2.24, 2.45) is 5.73 Å². The van der Waals surface area contributed by atoms with Crippen molar-refractivity contribution in [3.05, 3.63) is 29.3 Å². The van der Waals surface area contributed by atoms with Gasteiger partial charge in [-0.1, -0.05) is 25.0 Å². The predicted molar refractivity (Wildman–Crippen MR) is 72.3 cm³/mol. The van der Waals surface area contributed by atoms with Crippen molar-refractivity contribution in [1.29, 1.82) is 0 Å². The average molecular weight is 266 g/mol. The highest BCUT2D eigenvalue weighted by molar-refractivity contribution is 7.89. The Balaban J connectivity index is 3.33. The van der Waals surface area contributed by atoms with Gasteiger partial charge < -0.3 is 5.73 Å². The molecule has 2 N–H and O–H groups in total. The molecule has 0 aliphatic carbocycles. The fraction of sp³-hybridized carbons (Fsp3) is 0.385. The van der Waals surface area contributed by atoms with Gasteiger partial charge in [-0.2, -0.15) is 4.31 Å². The maximum Gasteiger partial charge on any atom is 0.244 e. The van der Waals surface area contributed by atoms with E-state index < -0.39 is 10.0 Å². The molecule has 0 heterocycles. The topological polar surface area (TPSA) is 63.4 Å². The maximum atomic E-state index is 12.4. The lowest BCUT2D eigenvalue weighted by Gasteiger charge is -2.20. The molecule has 0 aliphatic rings. The van der Waals surface area contributed by atoms with Crippen LogP contribution in [0.15, 0.2) is 23.1 Å². The summed E-state index contributed by atoms with van der Waals surface area (Å²) in [5.74, 6) is 2.36. The van der Waals surface area contributed by atoms with Crippen molar-refractivity contribution in [1.82, 2.24) is 4.31 Å². The Bertz CT molecular complexity index is 559. The van der Waals surface area contributed by atoms with Crippen LogP contribution in [0.25, 0.3) is 0 Å². The van der Waals surface area contributed by atoms with Gasteiger partial charge in [-0.05, 0) is 24.1 Å². The van der Waals surface area contributed by atoms with Gasteiger partial charge in [-0.3, -0.25) is 0 Å². The molecular weight excluding hydrogens is 248 g/mol. The van der Waals surface area contributed by atoms with Crippen LogP contribution in [-0.4, -0.2) is 25.8 Å². The first-order valence-corrected chi connectivity index (χ1v) is 7.15. The first-order valence-electron chi connectivity index (χ1n) is 5.71. The molecule has 5 heteroatoms. The van der Waals surface area contributed by atoms with Crippen LogP contribution in [-0.2, 0) is 16.6 Å². The zero-order chi connectivity index (χ0) is 13.8. The van der Waals surface area contributed by atoms with Gasteiger partial charge in [0.1, 0.15) is 0 Å². The van der Waals surface area contributed by atoms with Crippen LogP contribution in [0, 0.1) is 19.3 Å². The first-order chi connectivity index (χ1) is 8.48. The minimum atomic E-state index is -3.54. The standard InChI is InChI=1S/C13H18N2O2S/c1-4-9-15(5-2)18(16,17)13-8-6-7-12(10-14)11(13)3/h1,6-8H,5,9-10,14H2,2-3H3. The van der Waals surface area contributed by atoms with Crippen LogP contribution in [0.5, 0.6) is 0 Å². The van der Waals surface area contributed by atoms with E-state index in [4.69, 9.17) is 12.2 Å². The quantitative estimate of drug-likeness (QED) is 0.812. The van der Waals surface area contributed by atoms with Crippen LogP contribution >= 0.6 is 0 Å². The number of hydrogen-bond acceptors (Lipinski definition) is 3. The van der Waals surface area contributed by atoms with Crippen LogP contribution < -0.4 is 5.73 Å². The maximum absolute atomic E-state index is 12.4. The molecule has 0 aromatic heterocycles. The third-order valence-electron chi connectivity index (χ3n) is 2.85. The molecule has 0 fully saturated rings. The van der Waals surface area contributed by atoms with Gasteiger partial charge in [0.25, 0.3) is 0 Å². The van der Waals surface area contributed by atoms with E-state index in [2.05, 4.69) is 5.92 Å². The van der Waals surface area contributed by atoms with Gasteiger partial charge in [0.05, 0.1) is 11.4 Å². The summed E-state index contributed by atoms with van der Waals surface area (Å²) in [6, 6.07) is 5.11. The van der Waals surface area contributed by atoms with Crippen molar-refractivity contribution < 1.29 is 8.42 Å². The number of hydrogen-bond donors (Lipinski definition) is 1. The summed E-state index contributed by atoms with van der Waals surface area (Å²) in [5.41, 5.74) is 7.11. The van der Waals surface area contributed by atoms with Gasteiger partial charge in [-0.15, -0.1) is 6.42 Å². The van der Waals surface area contributed by atoms with Crippen LogP contribution in [0.3, 0.4) is 0 Å². The highest BCUT2D eigenvalue weighted by Crippen LogP contribution is 2.22. The molecule has 0 amide bonds. The van der Waals surface area contributed by atoms with Crippen LogP contribution in [0.1, 0.15) is 18.1 Å². The summed E-state index contributed by atoms with van der Waals surface area (Å²) in [5, 5.41) is 0. The summed E-state index contributed by atoms with van der Waals surface area (Å²) in [6.45, 7) is 4.26. The molecule has 1 aromatic rings. The lowest BCUT2D eigenvalue weighted by Crippen LogP contribution is -2.32. The molecule has 4 nitrogen and oxygen atoms in total. The predicted octanol–water partition coefficient (Wildman–Crippen LogP) is 1.10. The Morgan fingerprint density at radius 2 is 2.11 bits per heavy atom. The Kier molecular flexibility index (Phi) is 4.91. The number of nitrogens with two attached hydrogens (primary N) is 1. The molecule has 0 spiro atoms. The molecule has 18 heavy (non-hydrogen) atoms. The van der Waals surface area contributed by atoms with E-state index in [1.54, 1.807) is 26.0 Å². The molecule has 0 saturated heterocycles. The molecule has 0 unspecified atom stereocenters. The Hall–Kier alpha value is -1.35. The third-order valence-corrected chi connectivity index (χ3v) is 4.92. The fourth-order valence-corrected chi connectivity index (χ4v) is 3.40. The summed E-state index contributed by atoms with van der Waals surface area (Å²) < 4.78 is 26.1. The van der Waals surface area contributed by atoms with Gasteiger partial charge >= 0.3 is 0 Å². The van der Waals surface area contributed by atoms with Crippen molar-refractivity contribution in [3.63, 3.8) is 0 Å². The Morgan fingerprint density at radius 3 is 2.61 bits per heavy atom. The van der Waals surface area contributed by atoms with Crippen molar-refractivity contribution in [2.45, 2.75) is 25.3 Å².